The Morgan fingerprint density at radius 2 is 2.04 bits per heavy atom. The van der Waals surface area contributed by atoms with E-state index in [2.05, 4.69) is 10.3 Å². The molecule has 1 heterocycles. The van der Waals surface area contributed by atoms with Crippen molar-refractivity contribution in [2.24, 2.45) is 4.99 Å². The van der Waals surface area contributed by atoms with Gasteiger partial charge in [0.05, 0.1) is 6.54 Å². The van der Waals surface area contributed by atoms with Crippen molar-refractivity contribution >= 4 is 23.5 Å². The fourth-order valence-corrected chi connectivity index (χ4v) is 3.00. The van der Waals surface area contributed by atoms with Crippen molar-refractivity contribution in [2.45, 2.75) is 26.3 Å². The second-order valence-electron chi connectivity index (χ2n) is 6.24. The number of rotatable bonds is 8. The molecule has 7 heteroatoms. The number of benzene rings is 1. The van der Waals surface area contributed by atoms with E-state index in [0.717, 1.165) is 50.7 Å². The Bertz CT molecular complexity index is 592. The zero-order chi connectivity index (χ0) is 18.8. The van der Waals surface area contributed by atoms with Crippen LogP contribution in [-0.4, -0.2) is 68.1 Å². The van der Waals surface area contributed by atoms with E-state index in [1.54, 1.807) is 7.05 Å². The first-order chi connectivity index (χ1) is 12.6. The summed E-state index contributed by atoms with van der Waals surface area (Å²) < 4.78 is 5.34. The molecule has 1 fully saturated rings. The maximum Gasteiger partial charge on any atom is 0.242 e. The lowest BCUT2D eigenvalue weighted by atomic mass is 10.2. The van der Waals surface area contributed by atoms with Crippen LogP contribution in [0, 0.1) is 0 Å². The number of aliphatic imine (C=N–C) groups is 1. The van der Waals surface area contributed by atoms with Crippen LogP contribution in [0.1, 0.15) is 25.3 Å². The van der Waals surface area contributed by atoms with Crippen molar-refractivity contribution < 1.29 is 9.53 Å². The Kier molecular flexibility index (Phi) is 8.71. The molecule has 0 aromatic heterocycles. The number of hydrogen-bond donors (Lipinski definition) is 1. The van der Waals surface area contributed by atoms with Gasteiger partial charge in [-0.1, -0.05) is 23.7 Å². The van der Waals surface area contributed by atoms with E-state index in [9.17, 15) is 4.79 Å². The summed E-state index contributed by atoms with van der Waals surface area (Å²) in [6.45, 7) is 6.82. The van der Waals surface area contributed by atoms with Crippen LogP contribution >= 0.6 is 11.6 Å². The Balaban J connectivity index is 1.77. The second kappa shape index (κ2) is 11.0. The van der Waals surface area contributed by atoms with Gasteiger partial charge in [0.2, 0.25) is 5.91 Å². The van der Waals surface area contributed by atoms with Gasteiger partial charge < -0.3 is 19.9 Å². The fourth-order valence-electron chi connectivity index (χ4n) is 2.87. The van der Waals surface area contributed by atoms with Crippen molar-refractivity contribution in [1.82, 2.24) is 15.1 Å². The van der Waals surface area contributed by atoms with Crippen LogP contribution in [-0.2, 0) is 16.1 Å². The summed E-state index contributed by atoms with van der Waals surface area (Å²) in [5.74, 6) is 0.909. The molecule has 0 unspecified atom stereocenters. The number of nitrogens with one attached hydrogen (secondary N) is 1. The van der Waals surface area contributed by atoms with E-state index in [0.29, 0.717) is 24.7 Å². The van der Waals surface area contributed by atoms with Gasteiger partial charge in [0, 0.05) is 51.5 Å². The molecule has 0 aliphatic carbocycles. The van der Waals surface area contributed by atoms with E-state index in [-0.39, 0.29) is 5.91 Å². The molecule has 1 amide bonds. The first-order valence-electron chi connectivity index (χ1n) is 9.19. The molecule has 0 spiro atoms. The lowest BCUT2D eigenvalue weighted by Gasteiger charge is -2.36. The van der Waals surface area contributed by atoms with E-state index >= 15 is 0 Å². The highest BCUT2D eigenvalue weighted by molar-refractivity contribution is 6.30. The maximum absolute atomic E-state index is 12.5. The van der Waals surface area contributed by atoms with Crippen molar-refractivity contribution in [1.29, 1.82) is 0 Å². The van der Waals surface area contributed by atoms with Gasteiger partial charge in [0.15, 0.2) is 5.96 Å². The number of halogens is 1. The lowest BCUT2D eigenvalue weighted by molar-refractivity contribution is -0.135. The molecule has 144 valence electrons. The van der Waals surface area contributed by atoms with Gasteiger partial charge in [-0.05, 0) is 37.5 Å². The molecule has 1 saturated heterocycles. The van der Waals surface area contributed by atoms with Crippen molar-refractivity contribution in [2.75, 3.05) is 46.4 Å². The van der Waals surface area contributed by atoms with Crippen LogP contribution in [0.25, 0.3) is 0 Å². The van der Waals surface area contributed by atoms with Gasteiger partial charge in [-0.25, -0.2) is 0 Å². The lowest BCUT2D eigenvalue weighted by Crippen LogP contribution is -2.55. The predicted molar refractivity (Wildman–Crippen MR) is 106 cm³/mol. The van der Waals surface area contributed by atoms with Gasteiger partial charge in [-0.15, -0.1) is 0 Å². The zero-order valence-electron chi connectivity index (χ0n) is 15.7. The summed E-state index contributed by atoms with van der Waals surface area (Å²) in [5, 5.41) is 4.05. The van der Waals surface area contributed by atoms with Gasteiger partial charge in [-0.3, -0.25) is 9.79 Å². The summed E-state index contributed by atoms with van der Waals surface area (Å²) in [6, 6.07) is 7.64. The van der Waals surface area contributed by atoms with Gasteiger partial charge in [-0.2, -0.15) is 0 Å². The standard InChI is InChI=1S/C19H29ClN4O2/c1-3-26-13-5-4-10-22-19(21-2)24-12-11-23(18(25)15-24)14-16-6-8-17(20)9-7-16/h6-9H,3-5,10-15H2,1-2H3,(H,21,22). The van der Waals surface area contributed by atoms with Gasteiger partial charge >= 0.3 is 0 Å². The molecule has 1 aliphatic rings. The highest BCUT2D eigenvalue weighted by Gasteiger charge is 2.25. The molecule has 0 bridgehead atoms. The summed E-state index contributed by atoms with van der Waals surface area (Å²) in [4.78, 5) is 20.7. The molecule has 26 heavy (non-hydrogen) atoms. The smallest absolute Gasteiger partial charge is 0.242 e. The number of hydrogen-bond acceptors (Lipinski definition) is 3. The Morgan fingerprint density at radius 1 is 1.27 bits per heavy atom. The van der Waals surface area contributed by atoms with Crippen LogP contribution in [0.15, 0.2) is 29.3 Å². The molecular formula is C19H29ClN4O2. The highest BCUT2D eigenvalue weighted by atomic mass is 35.5. The van der Waals surface area contributed by atoms with Crippen LogP contribution in [0.3, 0.4) is 0 Å². The molecule has 0 saturated carbocycles. The number of nitrogens with zero attached hydrogens (tertiary/aromatic N) is 3. The van der Waals surface area contributed by atoms with E-state index < -0.39 is 0 Å². The number of guanidine groups is 1. The first kappa shape index (κ1) is 20.5. The minimum atomic E-state index is 0.116. The molecular weight excluding hydrogens is 352 g/mol. The summed E-state index contributed by atoms with van der Waals surface area (Å²) in [6.07, 6.45) is 2.04. The molecule has 1 aromatic carbocycles. The summed E-state index contributed by atoms with van der Waals surface area (Å²) in [7, 11) is 1.76. The molecule has 6 nitrogen and oxygen atoms in total. The van der Waals surface area contributed by atoms with Gasteiger partial charge in [0.1, 0.15) is 0 Å². The Morgan fingerprint density at radius 3 is 2.69 bits per heavy atom. The van der Waals surface area contributed by atoms with Crippen molar-refractivity contribution in [3.8, 4) is 0 Å². The van der Waals surface area contributed by atoms with E-state index in [1.807, 2.05) is 41.0 Å². The molecule has 1 aliphatic heterocycles. The molecule has 1 aromatic rings. The highest BCUT2D eigenvalue weighted by Crippen LogP contribution is 2.13. The molecule has 0 atom stereocenters. The number of unbranched alkanes of at least 4 members (excludes halogenated alkanes) is 1. The zero-order valence-corrected chi connectivity index (χ0v) is 16.5. The van der Waals surface area contributed by atoms with Gasteiger partial charge in [0.25, 0.3) is 0 Å². The summed E-state index contributed by atoms with van der Waals surface area (Å²) >= 11 is 5.92. The quantitative estimate of drug-likeness (QED) is 0.427. The third-order valence-electron chi connectivity index (χ3n) is 4.32. The second-order valence-corrected chi connectivity index (χ2v) is 6.68. The number of ether oxygens (including phenoxy) is 1. The third-order valence-corrected chi connectivity index (χ3v) is 4.57. The first-order valence-corrected chi connectivity index (χ1v) is 9.57. The average molecular weight is 381 g/mol. The predicted octanol–water partition coefficient (Wildman–Crippen LogP) is 2.38. The van der Waals surface area contributed by atoms with Crippen LogP contribution in [0.5, 0.6) is 0 Å². The monoisotopic (exact) mass is 380 g/mol. The molecule has 0 radical (unpaired) electrons. The summed E-state index contributed by atoms with van der Waals surface area (Å²) in [5.41, 5.74) is 1.09. The van der Waals surface area contributed by atoms with Crippen LogP contribution < -0.4 is 5.32 Å². The largest absolute Gasteiger partial charge is 0.382 e. The van der Waals surface area contributed by atoms with E-state index in [4.69, 9.17) is 16.3 Å². The maximum atomic E-state index is 12.5. The molecule has 1 N–H and O–H groups in total. The minimum absolute atomic E-state index is 0.116. The Labute approximate surface area is 161 Å². The van der Waals surface area contributed by atoms with E-state index in [1.165, 1.54) is 0 Å². The SMILES string of the molecule is CCOCCCCNC(=NC)N1CCN(Cc2ccc(Cl)cc2)C(=O)C1. The molecule has 2 rings (SSSR count). The Hall–Kier alpha value is -1.79. The number of carbonyl (C=O) groups excluding carboxylic acids is 1. The number of amides is 1. The van der Waals surface area contributed by atoms with Crippen molar-refractivity contribution in [3.05, 3.63) is 34.9 Å². The van der Waals surface area contributed by atoms with Crippen molar-refractivity contribution in [3.63, 3.8) is 0 Å². The van der Waals surface area contributed by atoms with Crippen LogP contribution in [0.2, 0.25) is 5.02 Å². The average Bonchev–Trinajstić information content (AvgIpc) is 2.65. The fraction of sp³-hybridized carbons (Fsp3) is 0.579. The topological polar surface area (TPSA) is 57.2 Å². The number of carbonyl (C=O) groups is 1. The minimum Gasteiger partial charge on any atom is -0.382 e. The third kappa shape index (κ3) is 6.50. The number of piperazine rings is 1. The van der Waals surface area contributed by atoms with Crippen LogP contribution in [0.4, 0.5) is 0 Å². The normalized spacial score (nSPS) is 15.5.